The molecule has 1 unspecified atom stereocenters. The molecule has 5 heteroatoms. The van der Waals surface area contributed by atoms with Crippen molar-refractivity contribution in [3.63, 3.8) is 0 Å². The van der Waals surface area contributed by atoms with E-state index in [2.05, 4.69) is 13.8 Å². The van der Waals surface area contributed by atoms with Crippen LogP contribution < -0.4 is 4.74 Å². The van der Waals surface area contributed by atoms with Crippen molar-refractivity contribution in [3.8, 4) is 5.75 Å². The van der Waals surface area contributed by atoms with Crippen molar-refractivity contribution in [3.05, 3.63) is 29.8 Å². The van der Waals surface area contributed by atoms with Gasteiger partial charge in [-0.3, -0.25) is 4.79 Å². The molecule has 0 spiro atoms. The van der Waals surface area contributed by atoms with Crippen LogP contribution in [0.1, 0.15) is 37.6 Å². The summed E-state index contributed by atoms with van der Waals surface area (Å²) in [5.41, 5.74) is 1.06. The van der Waals surface area contributed by atoms with Crippen molar-refractivity contribution in [2.75, 3.05) is 26.0 Å². The van der Waals surface area contributed by atoms with Gasteiger partial charge in [0.15, 0.2) is 0 Å². The number of amides is 1. The highest BCUT2D eigenvalue weighted by Gasteiger charge is 2.32. The lowest BCUT2D eigenvalue weighted by molar-refractivity contribution is -0.128. The minimum atomic E-state index is -0.0779. The Labute approximate surface area is 136 Å². The molecule has 1 aromatic carbocycles. The molecular weight excluding hydrogens is 298 g/mol. The van der Waals surface area contributed by atoms with Crippen molar-refractivity contribution >= 4 is 17.7 Å². The molecule has 1 aliphatic rings. The molecular formula is C17H25NO3S. The average Bonchev–Trinajstić information content (AvgIpc) is 2.88. The van der Waals surface area contributed by atoms with E-state index in [0.29, 0.717) is 5.75 Å². The van der Waals surface area contributed by atoms with E-state index >= 15 is 0 Å². The fourth-order valence-electron chi connectivity index (χ4n) is 2.55. The Hall–Kier alpha value is -1.20. The quantitative estimate of drug-likeness (QED) is 0.838. The van der Waals surface area contributed by atoms with Crippen molar-refractivity contribution in [1.29, 1.82) is 0 Å². The van der Waals surface area contributed by atoms with Crippen LogP contribution in [0.15, 0.2) is 24.3 Å². The molecule has 22 heavy (non-hydrogen) atoms. The Bertz CT molecular complexity index is 501. The number of rotatable bonds is 7. The van der Waals surface area contributed by atoms with Crippen LogP contribution in [0.5, 0.6) is 5.75 Å². The molecule has 1 aromatic rings. The third kappa shape index (κ3) is 4.17. The molecule has 1 heterocycles. The number of hydrogen-bond acceptors (Lipinski definition) is 4. The number of aliphatic hydroxyl groups excluding tert-OH is 1. The number of carbonyl (C=O) groups is 1. The predicted molar refractivity (Wildman–Crippen MR) is 90.0 cm³/mol. The highest BCUT2D eigenvalue weighted by molar-refractivity contribution is 8.00. The van der Waals surface area contributed by atoms with Crippen LogP contribution in [0.2, 0.25) is 0 Å². The lowest BCUT2D eigenvalue weighted by atomic mass is 9.89. The second-order valence-corrected chi connectivity index (χ2v) is 7.52. The van der Waals surface area contributed by atoms with E-state index in [1.54, 1.807) is 18.9 Å². The first-order valence-electron chi connectivity index (χ1n) is 7.63. The highest BCUT2D eigenvalue weighted by Crippen LogP contribution is 2.39. The van der Waals surface area contributed by atoms with Gasteiger partial charge in [-0.1, -0.05) is 26.0 Å². The van der Waals surface area contributed by atoms with Gasteiger partial charge in [0.05, 0.1) is 12.9 Å². The molecule has 0 radical (unpaired) electrons. The summed E-state index contributed by atoms with van der Waals surface area (Å²) in [4.78, 5) is 14.1. The van der Waals surface area contributed by atoms with E-state index in [1.165, 1.54) is 0 Å². The second-order valence-electron chi connectivity index (χ2n) is 6.45. The number of benzene rings is 1. The van der Waals surface area contributed by atoms with Crippen molar-refractivity contribution in [1.82, 2.24) is 4.90 Å². The summed E-state index contributed by atoms with van der Waals surface area (Å²) in [7, 11) is 1.65. The van der Waals surface area contributed by atoms with Gasteiger partial charge in [0.1, 0.15) is 11.1 Å². The fourth-order valence-corrected chi connectivity index (χ4v) is 3.77. The lowest BCUT2D eigenvalue weighted by Gasteiger charge is -2.27. The molecule has 122 valence electrons. The van der Waals surface area contributed by atoms with Gasteiger partial charge in [-0.2, -0.15) is 0 Å². The maximum Gasteiger partial charge on any atom is 0.233 e. The first-order chi connectivity index (χ1) is 10.5. The molecule has 2 rings (SSSR count). The average molecular weight is 323 g/mol. The van der Waals surface area contributed by atoms with Gasteiger partial charge in [0.2, 0.25) is 5.91 Å². The lowest BCUT2D eigenvalue weighted by Crippen LogP contribution is -2.30. The standard InChI is InChI=1S/C17H25NO3S/c1-17(2,12-19)9-4-10-18-15(20)11-22-16(18)13-5-7-14(21-3)8-6-13/h5-8,16,19H,4,9-12H2,1-3H3. The van der Waals surface area contributed by atoms with E-state index in [4.69, 9.17) is 4.74 Å². The monoisotopic (exact) mass is 323 g/mol. The van der Waals surface area contributed by atoms with E-state index in [1.807, 2.05) is 29.2 Å². The fraction of sp³-hybridized carbons (Fsp3) is 0.588. The Balaban J connectivity index is 1.99. The van der Waals surface area contributed by atoms with E-state index in [0.717, 1.165) is 30.7 Å². The number of ether oxygens (including phenoxy) is 1. The molecule has 0 saturated carbocycles. The molecule has 1 atom stereocenters. The van der Waals surface area contributed by atoms with Crippen LogP contribution in [0.3, 0.4) is 0 Å². The Morgan fingerprint density at radius 2 is 2.05 bits per heavy atom. The van der Waals surface area contributed by atoms with Crippen LogP contribution in [0, 0.1) is 5.41 Å². The van der Waals surface area contributed by atoms with Gasteiger partial charge in [-0.25, -0.2) is 0 Å². The summed E-state index contributed by atoms with van der Waals surface area (Å²) in [5, 5.41) is 9.41. The number of nitrogens with zero attached hydrogens (tertiary/aromatic N) is 1. The molecule has 1 fully saturated rings. The van der Waals surface area contributed by atoms with Crippen LogP contribution in [-0.2, 0) is 4.79 Å². The first kappa shape index (κ1) is 17.2. The summed E-state index contributed by atoms with van der Waals surface area (Å²) in [6, 6.07) is 7.93. The van der Waals surface area contributed by atoms with E-state index in [-0.39, 0.29) is 23.3 Å². The molecule has 1 saturated heterocycles. The number of carbonyl (C=O) groups excluding carboxylic acids is 1. The summed E-state index contributed by atoms with van der Waals surface area (Å²) in [6.45, 7) is 5.02. The number of methoxy groups -OCH3 is 1. The maximum absolute atomic E-state index is 12.1. The molecule has 1 aliphatic heterocycles. The van der Waals surface area contributed by atoms with E-state index in [9.17, 15) is 9.90 Å². The van der Waals surface area contributed by atoms with Gasteiger partial charge < -0.3 is 14.7 Å². The zero-order chi connectivity index (χ0) is 16.2. The molecule has 0 aliphatic carbocycles. The van der Waals surface area contributed by atoms with Crippen molar-refractivity contribution in [2.24, 2.45) is 5.41 Å². The van der Waals surface area contributed by atoms with Gasteiger partial charge in [0, 0.05) is 13.2 Å². The molecule has 0 bridgehead atoms. The zero-order valence-corrected chi connectivity index (χ0v) is 14.4. The van der Waals surface area contributed by atoms with Gasteiger partial charge in [-0.15, -0.1) is 11.8 Å². The van der Waals surface area contributed by atoms with E-state index < -0.39 is 0 Å². The van der Waals surface area contributed by atoms with Crippen LogP contribution >= 0.6 is 11.8 Å². The molecule has 1 amide bonds. The third-order valence-electron chi connectivity index (χ3n) is 4.05. The predicted octanol–water partition coefficient (Wildman–Crippen LogP) is 3.07. The third-order valence-corrected chi connectivity index (χ3v) is 5.31. The topological polar surface area (TPSA) is 49.8 Å². The number of aliphatic hydroxyl groups is 1. The van der Waals surface area contributed by atoms with Crippen LogP contribution in [0.25, 0.3) is 0 Å². The van der Waals surface area contributed by atoms with Gasteiger partial charge in [0.25, 0.3) is 0 Å². The molecule has 1 N–H and O–H groups in total. The van der Waals surface area contributed by atoms with Crippen LogP contribution in [0.4, 0.5) is 0 Å². The zero-order valence-electron chi connectivity index (χ0n) is 13.5. The normalized spacial score (nSPS) is 18.8. The minimum absolute atomic E-state index is 0.0779. The minimum Gasteiger partial charge on any atom is -0.497 e. The largest absolute Gasteiger partial charge is 0.497 e. The van der Waals surface area contributed by atoms with Crippen molar-refractivity contribution in [2.45, 2.75) is 32.1 Å². The summed E-state index contributed by atoms with van der Waals surface area (Å²) in [6.07, 6.45) is 1.82. The Morgan fingerprint density at radius 1 is 1.36 bits per heavy atom. The first-order valence-corrected chi connectivity index (χ1v) is 8.67. The van der Waals surface area contributed by atoms with Gasteiger partial charge in [-0.05, 0) is 36.0 Å². The van der Waals surface area contributed by atoms with Crippen LogP contribution in [-0.4, -0.2) is 41.9 Å². The Morgan fingerprint density at radius 3 is 2.64 bits per heavy atom. The maximum atomic E-state index is 12.1. The van der Waals surface area contributed by atoms with Gasteiger partial charge >= 0.3 is 0 Å². The molecule has 4 nitrogen and oxygen atoms in total. The Kier molecular flexibility index (Phi) is 5.75. The summed E-state index contributed by atoms with van der Waals surface area (Å²) in [5.74, 6) is 1.57. The SMILES string of the molecule is COc1ccc(C2SCC(=O)N2CCCC(C)(C)CO)cc1. The second kappa shape index (κ2) is 7.38. The summed E-state index contributed by atoms with van der Waals surface area (Å²) >= 11 is 1.68. The van der Waals surface area contributed by atoms with Crippen molar-refractivity contribution < 1.29 is 14.6 Å². The molecule has 0 aromatic heterocycles. The highest BCUT2D eigenvalue weighted by atomic mass is 32.2. The number of hydrogen-bond donors (Lipinski definition) is 1. The smallest absolute Gasteiger partial charge is 0.233 e. The number of thioether (sulfide) groups is 1. The summed E-state index contributed by atoms with van der Waals surface area (Å²) < 4.78 is 5.18.